The van der Waals surface area contributed by atoms with Crippen molar-refractivity contribution in [3.63, 3.8) is 0 Å². The number of aliphatic hydroxyl groups is 4. The quantitative estimate of drug-likeness (QED) is 0.452. The van der Waals surface area contributed by atoms with Crippen molar-refractivity contribution < 1.29 is 31.3 Å². The highest BCUT2D eigenvalue weighted by Gasteiger charge is 2.43. The lowest BCUT2D eigenvalue weighted by Gasteiger charge is -2.39. The lowest BCUT2D eigenvalue weighted by atomic mass is 9.99. The van der Waals surface area contributed by atoms with E-state index < -0.39 is 43.9 Å². The van der Waals surface area contributed by atoms with Gasteiger partial charge < -0.3 is 29.9 Å². The maximum Gasteiger partial charge on any atom is 0.186 e. The first kappa shape index (κ1) is 16.1. The second kappa shape index (κ2) is 9.65. The van der Waals surface area contributed by atoms with E-state index in [1.165, 1.54) is 6.42 Å². The predicted molar refractivity (Wildman–Crippen MR) is 73.1 cm³/mol. The summed E-state index contributed by atoms with van der Waals surface area (Å²) in [5, 5.41) is 38.1. The number of rotatable bonds is 9. The van der Waals surface area contributed by atoms with Crippen molar-refractivity contribution in [3.05, 3.63) is 0 Å². The molecule has 0 aromatic carbocycles. The molecule has 6 atom stereocenters. The van der Waals surface area contributed by atoms with Gasteiger partial charge in [-0.3, -0.25) is 0 Å². The van der Waals surface area contributed by atoms with Gasteiger partial charge >= 0.3 is 0 Å². The molecule has 1 rings (SSSR count). The maximum atomic E-state index is 9.79. The van der Waals surface area contributed by atoms with Crippen LogP contribution >= 0.6 is 0 Å². The molecule has 0 spiro atoms. The summed E-state index contributed by atoms with van der Waals surface area (Å²) in [5.41, 5.74) is 0. The number of ether oxygens (including phenoxy) is 2. The first-order valence-corrected chi connectivity index (χ1v) is 7.39. The molecule has 1 heterocycles. The number of hydrogen-bond donors (Lipinski definition) is 4. The van der Waals surface area contributed by atoms with Crippen LogP contribution in [0.1, 0.15) is 46.8 Å². The lowest BCUT2D eigenvalue weighted by molar-refractivity contribution is -0.301. The summed E-state index contributed by atoms with van der Waals surface area (Å²) in [7, 11) is 0. The molecule has 1 aliphatic heterocycles. The Labute approximate surface area is 121 Å². The molecular formula is C14H28O6. The molecule has 0 aromatic heterocycles. The summed E-state index contributed by atoms with van der Waals surface area (Å²) in [6, 6.07) is 0. The van der Waals surface area contributed by atoms with Crippen molar-refractivity contribution in [2.75, 3.05) is 13.2 Å². The molecule has 4 N–H and O–H groups in total. The minimum atomic E-state index is -1.46. The average Bonchev–Trinajstić information content (AvgIpc) is 2.47. The van der Waals surface area contributed by atoms with E-state index in [1.807, 2.05) is 0 Å². The Hall–Kier alpha value is -0.240. The zero-order valence-corrected chi connectivity index (χ0v) is 12.0. The predicted octanol–water partition coefficient (Wildman–Crippen LogP) is 0.163. The number of unbranched alkanes of at least 4 members (excludes halogenated alkanes) is 4. The van der Waals surface area contributed by atoms with Gasteiger partial charge in [0.15, 0.2) is 6.29 Å². The SMILES string of the molecule is [2H]C(CCCCCCC)OC1O[C@H](CO)[C@@H](O)[C@H](O)[C@H]1O. The van der Waals surface area contributed by atoms with E-state index in [9.17, 15) is 15.3 Å². The topological polar surface area (TPSA) is 99.4 Å². The van der Waals surface area contributed by atoms with E-state index in [-0.39, 0.29) is 0 Å². The van der Waals surface area contributed by atoms with E-state index >= 15 is 0 Å². The van der Waals surface area contributed by atoms with Crippen LogP contribution in [0.25, 0.3) is 0 Å². The van der Waals surface area contributed by atoms with Crippen LogP contribution in [-0.2, 0) is 9.47 Å². The van der Waals surface area contributed by atoms with Crippen molar-refractivity contribution in [1.29, 1.82) is 0 Å². The van der Waals surface area contributed by atoms with Crippen molar-refractivity contribution >= 4 is 0 Å². The Balaban J connectivity index is 2.34. The van der Waals surface area contributed by atoms with Gasteiger partial charge in [0.2, 0.25) is 0 Å². The average molecular weight is 293 g/mol. The molecule has 0 radical (unpaired) electrons. The number of aliphatic hydroxyl groups excluding tert-OH is 4. The second-order valence-corrected chi connectivity index (χ2v) is 5.20. The van der Waals surface area contributed by atoms with Crippen molar-refractivity contribution in [2.24, 2.45) is 0 Å². The molecular weight excluding hydrogens is 264 g/mol. The van der Waals surface area contributed by atoms with Gasteiger partial charge in [0.25, 0.3) is 0 Å². The molecule has 1 saturated heterocycles. The Bertz CT molecular complexity index is 278. The van der Waals surface area contributed by atoms with Crippen molar-refractivity contribution in [2.45, 2.75) is 76.2 Å². The summed E-state index contributed by atoms with van der Waals surface area (Å²) < 4.78 is 18.3. The Morgan fingerprint density at radius 1 is 1.00 bits per heavy atom. The molecule has 2 unspecified atom stereocenters. The summed E-state index contributed by atoms with van der Waals surface area (Å²) in [6.07, 6.45) is -0.642. The van der Waals surface area contributed by atoms with E-state index in [2.05, 4.69) is 6.92 Å². The molecule has 6 heteroatoms. The van der Waals surface area contributed by atoms with Crippen LogP contribution in [-0.4, -0.2) is 64.3 Å². The van der Waals surface area contributed by atoms with Gasteiger partial charge in [0.05, 0.1) is 7.98 Å². The standard InChI is InChI=1S/C14H28O6/c1-2-3-4-5-6-7-8-19-14-13(18)12(17)11(16)10(9-15)20-14/h10-18H,2-9H2,1H3/t10-,11-,12+,13-,14?/m1/s1/i8D/t8?,10-,11-,12+,13-,14?. The Kier molecular flexibility index (Phi) is 7.79. The van der Waals surface area contributed by atoms with Crippen LogP contribution in [0, 0.1) is 0 Å². The van der Waals surface area contributed by atoms with Gasteiger partial charge in [-0.25, -0.2) is 0 Å². The summed E-state index contributed by atoms with van der Waals surface area (Å²) in [4.78, 5) is 0. The Morgan fingerprint density at radius 2 is 1.65 bits per heavy atom. The van der Waals surface area contributed by atoms with E-state index in [4.69, 9.17) is 16.0 Å². The molecule has 0 amide bonds. The van der Waals surface area contributed by atoms with Crippen molar-refractivity contribution in [3.8, 4) is 0 Å². The highest BCUT2D eigenvalue weighted by Crippen LogP contribution is 2.22. The van der Waals surface area contributed by atoms with Crippen LogP contribution in [0.15, 0.2) is 0 Å². The molecule has 0 aliphatic carbocycles. The van der Waals surface area contributed by atoms with Gasteiger partial charge in [-0.1, -0.05) is 39.0 Å². The van der Waals surface area contributed by atoms with Crippen LogP contribution in [0.2, 0.25) is 0 Å². The summed E-state index contributed by atoms with van der Waals surface area (Å²) in [6.45, 7) is 0.771. The van der Waals surface area contributed by atoms with Crippen LogP contribution in [0.5, 0.6) is 0 Å². The van der Waals surface area contributed by atoms with Gasteiger partial charge in [-0.2, -0.15) is 0 Å². The third-order valence-corrected chi connectivity index (χ3v) is 3.50. The molecule has 0 saturated carbocycles. The van der Waals surface area contributed by atoms with E-state index in [0.717, 1.165) is 25.7 Å². The molecule has 0 aromatic rings. The van der Waals surface area contributed by atoms with Crippen LogP contribution < -0.4 is 0 Å². The van der Waals surface area contributed by atoms with Crippen LogP contribution in [0.4, 0.5) is 0 Å². The Morgan fingerprint density at radius 3 is 2.30 bits per heavy atom. The zero-order chi connectivity index (χ0) is 15.8. The normalized spacial score (nSPS) is 36.6. The smallest absolute Gasteiger partial charge is 0.186 e. The fourth-order valence-corrected chi connectivity index (χ4v) is 2.17. The highest BCUT2D eigenvalue weighted by molar-refractivity contribution is 4.88. The van der Waals surface area contributed by atoms with Gasteiger partial charge in [0.1, 0.15) is 24.4 Å². The van der Waals surface area contributed by atoms with E-state index in [0.29, 0.717) is 6.42 Å². The first-order chi connectivity index (χ1) is 10.0. The molecule has 0 bridgehead atoms. The van der Waals surface area contributed by atoms with Gasteiger partial charge in [0, 0.05) is 6.58 Å². The van der Waals surface area contributed by atoms with E-state index in [1.54, 1.807) is 0 Å². The minimum Gasteiger partial charge on any atom is -0.394 e. The monoisotopic (exact) mass is 293 g/mol. The third kappa shape index (κ3) is 5.27. The van der Waals surface area contributed by atoms with Gasteiger partial charge in [-0.05, 0) is 6.42 Å². The summed E-state index contributed by atoms with van der Waals surface area (Å²) >= 11 is 0. The molecule has 6 nitrogen and oxygen atoms in total. The van der Waals surface area contributed by atoms with Crippen LogP contribution in [0.3, 0.4) is 0 Å². The first-order valence-electron chi connectivity index (χ1n) is 7.97. The maximum absolute atomic E-state index is 9.79. The zero-order valence-electron chi connectivity index (χ0n) is 13.0. The van der Waals surface area contributed by atoms with Crippen molar-refractivity contribution in [1.82, 2.24) is 0 Å². The molecule has 1 fully saturated rings. The molecule has 1 aliphatic rings. The second-order valence-electron chi connectivity index (χ2n) is 5.20. The van der Waals surface area contributed by atoms with Gasteiger partial charge in [-0.15, -0.1) is 0 Å². The fourth-order valence-electron chi connectivity index (χ4n) is 2.17. The highest BCUT2D eigenvalue weighted by atomic mass is 16.7. The number of hydrogen-bond acceptors (Lipinski definition) is 6. The molecule has 20 heavy (non-hydrogen) atoms. The minimum absolute atomic E-state index is 0.496. The summed E-state index contributed by atoms with van der Waals surface area (Å²) in [5.74, 6) is 0. The third-order valence-electron chi connectivity index (χ3n) is 3.50. The largest absolute Gasteiger partial charge is 0.394 e. The lowest BCUT2D eigenvalue weighted by Crippen LogP contribution is -2.59. The fraction of sp³-hybridized carbons (Fsp3) is 1.00. The molecule has 120 valence electrons.